The molecule has 1 aromatic heterocycles. The van der Waals surface area contributed by atoms with Gasteiger partial charge in [0.2, 0.25) is 0 Å². The fourth-order valence-electron chi connectivity index (χ4n) is 2.90. The SMILES string of the molecule is CCNC(C#N)(CC)CCCn1nc(C)c(CC)c1C. The van der Waals surface area contributed by atoms with Crippen molar-refractivity contribution in [2.45, 2.75) is 72.4 Å². The van der Waals surface area contributed by atoms with E-state index in [4.69, 9.17) is 0 Å². The van der Waals surface area contributed by atoms with Gasteiger partial charge in [0.15, 0.2) is 0 Å². The van der Waals surface area contributed by atoms with E-state index in [1.165, 1.54) is 11.3 Å². The smallest absolute Gasteiger partial charge is 0.106 e. The van der Waals surface area contributed by atoms with Crippen LogP contribution in [0.4, 0.5) is 0 Å². The number of nitrogens with one attached hydrogen (secondary N) is 1. The van der Waals surface area contributed by atoms with Crippen LogP contribution < -0.4 is 5.32 Å². The van der Waals surface area contributed by atoms with E-state index in [2.05, 4.69) is 55.8 Å². The van der Waals surface area contributed by atoms with Crippen LogP contribution in [-0.4, -0.2) is 21.9 Å². The van der Waals surface area contributed by atoms with Crippen LogP contribution in [0.15, 0.2) is 0 Å². The Morgan fingerprint density at radius 1 is 1.30 bits per heavy atom. The minimum absolute atomic E-state index is 0.377. The predicted molar refractivity (Wildman–Crippen MR) is 82.6 cm³/mol. The van der Waals surface area contributed by atoms with Crippen molar-refractivity contribution in [1.82, 2.24) is 15.1 Å². The average molecular weight is 276 g/mol. The van der Waals surface area contributed by atoms with Gasteiger partial charge in [0.05, 0.1) is 11.8 Å². The van der Waals surface area contributed by atoms with Crippen LogP contribution in [0, 0.1) is 25.2 Å². The van der Waals surface area contributed by atoms with E-state index >= 15 is 0 Å². The molecule has 0 aromatic carbocycles. The molecule has 0 fully saturated rings. The Labute approximate surface area is 123 Å². The summed E-state index contributed by atoms with van der Waals surface area (Å²) in [6.07, 6.45) is 3.72. The monoisotopic (exact) mass is 276 g/mol. The average Bonchev–Trinajstić information content (AvgIpc) is 2.72. The van der Waals surface area contributed by atoms with E-state index in [1.807, 2.05) is 0 Å². The van der Waals surface area contributed by atoms with Crippen LogP contribution in [0.1, 0.15) is 57.0 Å². The van der Waals surface area contributed by atoms with Gasteiger partial charge in [-0.2, -0.15) is 10.4 Å². The van der Waals surface area contributed by atoms with Crippen LogP contribution in [0.3, 0.4) is 0 Å². The van der Waals surface area contributed by atoms with Crippen molar-refractivity contribution >= 4 is 0 Å². The molecule has 1 atom stereocenters. The lowest BCUT2D eigenvalue weighted by atomic mass is 9.92. The van der Waals surface area contributed by atoms with Gasteiger partial charge in [0.1, 0.15) is 5.54 Å². The zero-order chi connectivity index (χ0) is 15.2. The second-order valence-electron chi connectivity index (χ2n) is 5.41. The molecule has 1 heterocycles. The topological polar surface area (TPSA) is 53.6 Å². The zero-order valence-electron chi connectivity index (χ0n) is 13.6. The summed E-state index contributed by atoms with van der Waals surface area (Å²) in [6.45, 7) is 12.2. The van der Waals surface area contributed by atoms with Crippen molar-refractivity contribution in [2.75, 3.05) is 6.54 Å². The largest absolute Gasteiger partial charge is 0.300 e. The summed E-state index contributed by atoms with van der Waals surface area (Å²) in [6, 6.07) is 2.45. The van der Waals surface area contributed by atoms with Gasteiger partial charge < -0.3 is 0 Å². The highest BCUT2D eigenvalue weighted by Crippen LogP contribution is 2.19. The van der Waals surface area contributed by atoms with Gasteiger partial charge in [-0.05, 0) is 51.6 Å². The Bertz CT molecular complexity index is 470. The molecule has 1 N–H and O–H groups in total. The Kier molecular flexibility index (Phi) is 6.22. The molecule has 0 saturated carbocycles. The summed E-state index contributed by atoms with van der Waals surface area (Å²) < 4.78 is 2.10. The highest BCUT2D eigenvalue weighted by Gasteiger charge is 2.26. The van der Waals surface area contributed by atoms with E-state index in [0.29, 0.717) is 0 Å². The number of aromatic nitrogens is 2. The molecule has 0 aliphatic rings. The number of rotatable bonds is 8. The van der Waals surface area contributed by atoms with E-state index in [-0.39, 0.29) is 5.54 Å². The molecule has 1 aromatic rings. The number of aryl methyl sites for hydroxylation is 2. The third-order valence-electron chi connectivity index (χ3n) is 4.19. The number of hydrogen-bond acceptors (Lipinski definition) is 3. The minimum Gasteiger partial charge on any atom is -0.300 e. The van der Waals surface area contributed by atoms with Crippen LogP contribution >= 0.6 is 0 Å². The Morgan fingerprint density at radius 2 is 2.00 bits per heavy atom. The number of nitrogens with zero attached hydrogens (tertiary/aromatic N) is 3. The van der Waals surface area contributed by atoms with Gasteiger partial charge in [-0.1, -0.05) is 20.8 Å². The van der Waals surface area contributed by atoms with Crippen LogP contribution in [0.2, 0.25) is 0 Å². The zero-order valence-corrected chi connectivity index (χ0v) is 13.6. The van der Waals surface area contributed by atoms with Crippen LogP contribution in [0.5, 0.6) is 0 Å². The Balaban J connectivity index is 2.66. The predicted octanol–water partition coefficient (Wildman–Crippen LogP) is 3.12. The molecule has 1 unspecified atom stereocenters. The molecule has 0 aliphatic heterocycles. The molecule has 4 nitrogen and oxygen atoms in total. The number of nitriles is 1. The summed E-state index contributed by atoms with van der Waals surface area (Å²) in [4.78, 5) is 0. The lowest BCUT2D eigenvalue weighted by Crippen LogP contribution is -2.43. The Morgan fingerprint density at radius 3 is 2.45 bits per heavy atom. The lowest BCUT2D eigenvalue weighted by Gasteiger charge is -2.26. The molecule has 1 rings (SSSR count). The second kappa shape index (κ2) is 7.44. The molecule has 0 spiro atoms. The van der Waals surface area contributed by atoms with Gasteiger partial charge in [0.25, 0.3) is 0 Å². The molecular formula is C16H28N4. The number of hydrogen-bond donors (Lipinski definition) is 1. The van der Waals surface area contributed by atoms with E-state index < -0.39 is 0 Å². The van der Waals surface area contributed by atoms with E-state index in [1.54, 1.807) is 0 Å². The first-order chi connectivity index (χ1) is 9.53. The van der Waals surface area contributed by atoms with Gasteiger partial charge in [-0.15, -0.1) is 0 Å². The maximum Gasteiger partial charge on any atom is 0.106 e. The summed E-state index contributed by atoms with van der Waals surface area (Å²) in [7, 11) is 0. The third-order valence-corrected chi connectivity index (χ3v) is 4.19. The van der Waals surface area contributed by atoms with Gasteiger partial charge >= 0.3 is 0 Å². The van der Waals surface area contributed by atoms with Gasteiger partial charge in [-0.3, -0.25) is 10.00 Å². The summed E-state index contributed by atoms with van der Waals surface area (Å²) in [5, 5.41) is 17.4. The molecule has 0 saturated heterocycles. The molecule has 20 heavy (non-hydrogen) atoms. The molecule has 4 heteroatoms. The first-order valence-electron chi connectivity index (χ1n) is 7.72. The van der Waals surface area contributed by atoms with Gasteiger partial charge in [-0.25, -0.2) is 0 Å². The quantitative estimate of drug-likeness (QED) is 0.793. The van der Waals surface area contributed by atoms with Crippen molar-refractivity contribution in [3.63, 3.8) is 0 Å². The van der Waals surface area contributed by atoms with Crippen LogP contribution in [-0.2, 0) is 13.0 Å². The standard InChI is InChI=1S/C16H28N4/c1-6-15-13(4)19-20(14(15)5)11-9-10-16(7-2,12-17)18-8-3/h18H,6-11H2,1-5H3. The van der Waals surface area contributed by atoms with Crippen LogP contribution in [0.25, 0.3) is 0 Å². The summed E-state index contributed by atoms with van der Waals surface area (Å²) in [5.41, 5.74) is 3.39. The molecule has 0 aliphatic carbocycles. The summed E-state index contributed by atoms with van der Waals surface area (Å²) >= 11 is 0. The normalized spacial score (nSPS) is 14.0. The highest BCUT2D eigenvalue weighted by atomic mass is 15.3. The molecule has 0 bridgehead atoms. The van der Waals surface area contributed by atoms with Crippen molar-refractivity contribution in [3.05, 3.63) is 17.0 Å². The van der Waals surface area contributed by atoms with Crippen molar-refractivity contribution in [1.29, 1.82) is 5.26 Å². The maximum atomic E-state index is 9.41. The molecule has 0 radical (unpaired) electrons. The first-order valence-corrected chi connectivity index (χ1v) is 7.72. The van der Waals surface area contributed by atoms with E-state index in [9.17, 15) is 5.26 Å². The van der Waals surface area contributed by atoms with Crippen molar-refractivity contribution < 1.29 is 0 Å². The minimum atomic E-state index is -0.377. The highest BCUT2D eigenvalue weighted by molar-refractivity contribution is 5.24. The molecule has 0 amide bonds. The first kappa shape index (κ1) is 16.7. The Hall–Kier alpha value is -1.34. The molecular weight excluding hydrogens is 248 g/mol. The van der Waals surface area contributed by atoms with E-state index in [0.717, 1.165) is 44.5 Å². The fraction of sp³-hybridized carbons (Fsp3) is 0.750. The second-order valence-corrected chi connectivity index (χ2v) is 5.41. The molecule has 112 valence electrons. The lowest BCUT2D eigenvalue weighted by molar-refractivity contribution is 0.357. The van der Waals surface area contributed by atoms with Crippen molar-refractivity contribution in [2.24, 2.45) is 0 Å². The summed E-state index contributed by atoms with van der Waals surface area (Å²) in [5.74, 6) is 0. The fourth-order valence-corrected chi connectivity index (χ4v) is 2.90. The van der Waals surface area contributed by atoms with Crippen molar-refractivity contribution in [3.8, 4) is 6.07 Å². The maximum absolute atomic E-state index is 9.41. The third kappa shape index (κ3) is 3.61. The van der Waals surface area contributed by atoms with Gasteiger partial charge in [0, 0.05) is 12.2 Å².